The molecule has 0 radical (unpaired) electrons. The minimum Gasteiger partial charge on any atom is -0.255 e. The van der Waals surface area contributed by atoms with Gasteiger partial charge in [-0.15, -0.1) is 10.2 Å². The number of hydrogen-bond acceptors (Lipinski definition) is 3. The van der Waals surface area contributed by atoms with Crippen molar-refractivity contribution in [2.75, 3.05) is 0 Å². The van der Waals surface area contributed by atoms with E-state index in [1.54, 1.807) is 10.6 Å². The molecule has 2 heterocycles. The van der Waals surface area contributed by atoms with Crippen molar-refractivity contribution in [3.05, 3.63) is 22.3 Å². The van der Waals surface area contributed by atoms with Crippen LogP contribution < -0.4 is 0 Å². The van der Waals surface area contributed by atoms with E-state index in [-0.39, 0.29) is 0 Å². The summed E-state index contributed by atoms with van der Waals surface area (Å²) in [4.78, 5) is 3.88. The van der Waals surface area contributed by atoms with E-state index in [0.717, 1.165) is 4.47 Å². The standard InChI is InChI=1S/C5H2BrClN4/c6-3-1-8-5(7)11-2-9-10-4(3)11/h1-2H. The molecule has 0 aliphatic heterocycles. The maximum absolute atomic E-state index is 5.72. The molecular weight excluding hydrogens is 231 g/mol. The van der Waals surface area contributed by atoms with Crippen LogP contribution in [0, 0.1) is 0 Å². The average Bonchev–Trinajstić information content (AvgIpc) is 2.45. The quantitative estimate of drug-likeness (QED) is 0.648. The van der Waals surface area contributed by atoms with E-state index < -0.39 is 0 Å². The Kier molecular flexibility index (Phi) is 1.54. The van der Waals surface area contributed by atoms with Crippen LogP contribution in [-0.4, -0.2) is 19.6 Å². The van der Waals surface area contributed by atoms with Gasteiger partial charge >= 0.3 is 0 Å². The van der Waals surface area contributed by atoms with Gasteiger partial charge in [0.05, 0.1) is 4.47 Å². The highest BCUT2D eigenvalue weighted by Crippen LogP contribution is 2.16. The molecule has 2 aromatic heterocycles. The van der Waals surface area contributed by atoms with Crippen molar-refractivity contribution in [3.63, 3.8) is 0 Å². The first-order valence-corrected chi connectivity index (χ1v) is 3.96. The highest BCUT2D eigenvalue weighted by atomic mass is 79.9. The second-order valence-electron chi connectivity index (χ2n) is 1.90. The molecule has 0 bridgehead atoms. The molecular formula is C5H2BrClN4. The molecule has 0 saturated heterocycles. The van der Waals surface area contributed by atoms with Crippen molar-refractivity contribution in [1.29, 1.82) is 0 Å². The number of halogens is 2. The number of rotatable bonds is 0. The first-order valence-electron chi connectivity index (χ1n) is 2.79. The molecule has 56 valence electrons. The molecule has 0 amide bonds. The topological polar surface area (TPSA) is 43.1 Å². The molecule has 0 N–H and O–H groups in total. The molecule has 4 nitrogen and oxygen atoms in total. The molecule has 11 heavy (non-hydrogen) atoms. The van der Waals surface area contributed by atoms with Crippen LogP contribution in [0.3, 0.4) is 0 Å². The Bertz CT molecular complexity index is 362. The Morgan fingerprint density at radius 2 is 2.36 bits per heavy atom. The zero-order valence-corrected chi connectivity index (χ0v) is 7.54. The summed E-state index contributed by atoms with van der Waals surface area (Å²) < 4.78 is 2.37. The highest BCUT2D eigenvalue weighted by molar-refractivity contribution is 9.10. The molecule has 0 atom stereocenters. The lowest BCUT2D eigenvalue weighted by Gasteiger charge is -1.94. The van der Waals surface area contributed by atoms with E-state index in [0.29, 0.717) is 10.9 Å². The van der Waals surface area contributed by atoms with Crippen LogP contribution in [-0.2, 0) is 0 Å². The molecule has 2 aromatic rings. The molecule has 0 saturated carbocycles. The van der Waals surface area contributed by atoms with E-state index in [2.05, 4.69) is 31.1 Å². The van der Waals surface area contributed by atoms with Crippen LogP contribution in [0.2, 0.25) is 5.28 Å². The Hall–Kier alpha value is -0.680. The fourth-order valence-corrected chi connectivity index (χ4v) is 1.31. The minimum absolute atomic E-state index is 0.355. The molecule has 6 heteroatoms. The first kappa shape index (κ1) is 7.00. The summed E-state index contributed by atoms with van der Waals surface area (Å²) >= 11 is 8.99. The summed E-state index contributed by atoms with van der Waals surface area (Å²) in [5, 5.41) is 7.86. The Labute approximate surface area is 75.3 Å². The third kappa shape index (κ3) is 1.00. The predicted molar refractivity (Wildman–Crippen MR) is 43.5 cm³/mol. The van der Waals surface area contributed by atoms with E-state index in [9.17, 15) is 0 Å². The van der Waals surface area contributed by atoms with Gasteiger partial charge in [0, 0.05) is 6.20 Å². The number of nitrogens with zero attached hydrogens (tertiary/aromatic N) is 4. The molecule has 0 aromatic carbocycles. The van der Waals surface area contributed by atoms with Crippen LogP contribution >= 0.6 is 27.5 Å². The summed E-state index contributed by atoms with van der Waals surface area (Å²) in [6.07, 6.45) is 3.10. The monoisotopic (exact) mass is 232 g/mol. The van der Waals surface area contributed by atoms with E-state index in [1.165, 1.54) is 6.33 Å². The van der Waals surface area contributed by atoms with Crippen LogP contribution in [0.1, 0.15) is 0 Å². The summed E-state index contributed by atoms with van der Waals surface area (Å²) in [7, 11) is 0. The fourth-order valence-electron chi connectivity index (χ4n) is 0.763. The second kappa shape index (κ2) is 2.42. The minimum atomic E-state index is 0.355. The third-order valence-corrected chi connectivity index (χ3v) is 2.08. The molecule has 2 rings (SSSR count). The van der Waals surface area contributed by atoms with Gasteiger partial charge in [-0.2, -0.15) is 0 Å². The van der Waals surface area contributed by atoms with Gasteiger partial charge < -0.3 is 0 Å². The van der Waals surface area contributed by atoms with Crippen molar-refractivity contribution >= 4 is 33.2 Å². The third-order valence-electron chi connectivity index (χ3n) is 1.24. The van der Waals surface area contributed by atoms with E-state index in [1.807, 2.05) is 0 Å². The predicted octanol–water partition coefficient (Wildman–Crippen LogP) is 1.54. The van der Waals surface area contributed by atoms with Crippen LogP contribution in [0.25, 0.3) is 5.65 Å². The van der Waals surface area contributed by atoms with E-state index in [4.69, 9.17) is 11.6 Å². The lowest BCUT2D eigenvalue weighted by Crippen LogP contribution is -1.89. The number of hydrogen-bond donors (Lipinski definition) is 0. The smallest absolute Gasteiger partial charge is 0.209 e. The van der Waals surface area contributed by atoms with Gasteiger partial charge in [0.25, 0.3) is 0 Å². The summed E-state index contributed by atoms with van der Waals surface area (Å²) in [6, 6.07) is 0. The first-order chi connectivity index (χ1) is 5.29. The highest BCUT2D eigenvalue weighted by Gasteiger charge is 2.03. The van der Waals surface area contributed by atoms with Gasteiger partial charge in [0.1, 0.15) is 6.33 Å². The molecule has 0 fully saturated rings. The SMILES string of the molecule is Clc1ncc(Br)c2nncn12. The lowest BCUT2D eigenvalue weighted by molar-refractivity contribution is 1.06. The van der Waals surface area contributed by atoms with Gasteiger partial charge in [0.2, 0.25) is 5.28 Å². The van der Waals surface area contributed by atoms with Crippen molar-refractivity contribution in [1.82, 2.24) is 19.6 Å². The summed E-state index contributed by atoms with van der Waals surface area (Å²) in [5.74, 6) is 0. The van der Waals surface area contributed by atoms with Crippen LogP contribution in [0.5, 0.6) is 0 Å². The maximum Gasteiger partial charge on any atom is 0.209 e. The van der Waals surface area contributed by atoms with Gasteiger partial charge in [-0.1, -0.05) is 0 Å². The maximum atomic E-state index is 5.72. The van der Waals surface area contributed by atoms with Gasteiger partial charge in [-0.3, -0.25) is 4.40 Å². The van der Waals surface area contributed by atoms with Crippen molar-refractivity contribution in [2.24, 2.45) is 0 Å². The van der Waals surface area contributed by atoms with Crippen LogP contribution in [0.15, 0.2) is 17.0 Å². The normalized spacial score (nSPS) is 10.7. The van der Waals surface area contributed by atoms with Crippen molar-refractivity contribution in [3.8, 4) is 0 Å². The molecule has 0 aliphatic rings. The van der Waals surface area contributed by atoms with Crippen molar-refractivity contribution in [2.45, 2.75) is 0 Å². The molecule has 0 unspecified atom stereocenters. The van der Waals surface area contributed by atoms with Gasteiger partial charge in [-0.05, 0) is 27.5 Å². The summed E-state index contributed by atoms with van der Waals surface area (Å²) in [6.45, 7) is 0. The fraction of sp³-hybridized carbons (Fsp3) is 0. The second-order valence-corrected chi connectivity index (χ2v) is 3.09. The van der Waals surface area contributed by atoms with Gasteiger partial charge in [0.15, 0.2) is 5.65 Å². The Balaban J connectivity index is 2.96. The Morgan fingerprint density at radius 1 is 1.55 bits per heavy atom. The average molecular weight is 233 g/mol. The summed E-state index contributed by atoms with van der Waals surface area (Å²) in [5.41, 5.74) is 0.671. The van der Waals surface area contributed by atoms with E-state index >= 15 is 0 Å². The largest absolute Gasteiger partial charge is 0.255 e. The number of aromatic nitrogens is 4. The molecule has 0 spiro atoms. The number of fused-ring (bicyclic) bond motifs is 1. The van der Waals surface area contributed by atoms with Crippen LogP contribution in [0.4, 0.5) is 0 Å². The molecule has 0 aliphatic carbocycles. The Morgan fingerprint density at radius 3 is 3.09 bits per heavy atom. The van der Waals surface area contributed by atoms with Gasteiger partial charge in [-0.25, -0.2) is 4.98 Å². The zero-order chi connectivity index (χ0) is 7.84. The van der Waals surface area contributed by atoms with Crippen molar-refractivity contribution < 1.29 is 0 Å². The lowest BCUT2D eigenvalue weighted by atomic mass is 10.6. The zero-order valence-electron chi connectivity index (χ0n) is 5.20.